The molecule has 0 spiro atoms. The number of aromatic nitrogens is 1. The van der Waals surface area contributed by atoms with Crippen LogP contribution in [0.4, 0.5) is 0 Å². The average Bonchev–Trinajstić information content (AvgIpc) is 2.81. The van der Waals surface area contributed by atoms with Crippen LogP contribution >= 0.6 is 0 Å². The molecule has 0 unspecified atom stereocenters. The molecule has 0 atom stereocenters. The molecule has 1 aliphatic carbocycles. The maximum Gasteiger partial charge on any atom is 0.223 e. The summed E-state index contributed by atoms with van der Waals surface area (Å²) in [5.74, 6) is 0.621. The molecule has 1 fully saturated rings. The van der Waals surface area contributed by atoms with Gasteiger partial charge in [-0.05, 0) is 60.4 Å². The summed E-state index contributed by atoms with van der Waals surface area (Å²) in [6.45, 7) is 0. The van der Waals surface area contributed by atoms with Gasteiger partial charge in [0.1, 0.15) is 11.5 Å². The van der Waals surface area contributed by atoms with Crippen molar-refractivity contribution in [1.82, 2.24) is 0 Å². The first-order chi connectivity index (χ1) is 15.1. The first-order valence-electron chi connectivity index (χ1n) is 10.7. The van der Waals surface area contributed by atoms with Crippen LogP contribution in [0.15, 0.2) is 91.1 Å². The Balaban J connectivity index is 0.000000177. The maximum absolute atomic E-state index is 11.1. The lowest BCUT2D eigenvalue weighted by atomic mass is 9.65. The molecule has 3 aromatic carbocycles. The lowest BCUT2D eigenvalue weighted by molar-refractivity contribution is -0.577. The third-order valence-electron chi connectivity index (χ3n) is 6.22. The molecule has 31 heavy (non-hydrogen) atoms. The van der Waals surface area contributed by atoms with Crippen LogP contribution < -0.4 is 4.73 Å². The van der Waals surface area contributed by atoms with Gasteiger partial charge in [0.05, 0.1) is 0 Å². The second kappa shape index (κ2) is 9.09. The lowest BCUT2D eigenvalue weighted by Gasteiger charge is -2.38. The minimum absolute atomic E-state index is 0.0274. The smallest absolute Gasteiger partial charge is 0.223 e. The van der Waals surface area contributed by atoms with E-state index in [1.165, 1.54) is 36.6 Å². The van der Waals surface area contributed by atoms with Crippen LogP contribution in [0.1, 0.15) is 43.2 Å². The Bertz CT molecular complexity index is 1080. The number of phenols is 2. The van der Waals surface area contributed by atoms with Crippen molar-refractivity contribution in [3.8, 4) is 11.5 Å². The first-order valence-corrected chi connectivity index (χ1v) is 10.7. The summed E-state index contributed by atoms with van der Waals surface area (Å²) < 4.78 is 0.870. The molecule has 4 heteroatoms. The molecular weight excluding hydrogens is 386 g/mol. The van der Waals surface area contributed by atoms with Gasteiger partial charge in [0.15, 0.2) is 6.20 Å². The zero-order chi connectivity index (χ0) is 21.7. The zero-order valence-electron chi connectivity index (χ0n) is 17.4. The first kappa shape index (κ1) is 20.7. The monoisotopic (exact) mass is 413 g/mol. The molecule has 4 nitrogen and oxygen atoms in total. The van der Waals surface area contributed by atoms with E-state index in [0.717, 1.165) is 28.5 Å². The summed E-state index contributed by atoms with van der Waals surface area (Å²) in [5, 5.41) is 31.1. The topological polar surface area (TPSA) is 67.4 Å². The van der Waals surface area contributed by atoms with Gasteiger partial charge in [0.2, 0.25) is 5.52 Å². The largest absolute Gasteiger partial charge is 0.618 e. The second-order valence-electron chi connectivity index (χ2n) is 8.13. The second-order valence-corrected chi connectivity index (χ2v) is 8.13. The van der Waals surface area contributed by atoms with Gasteiger partial charge in [-0.25, -0.2) is 0 Å². The number of benzene rings is 3. The fourth-order valence-electron chi connectivity index (χ4n) is 4.59. The van der Waals surface area contributed by atoms with Crippen LogP contribution in [-0.4, -0.2) is 10.2 Å². The predicted octanol–water partition coefficient (Wildman–Crippen LogP) is 5.82. The molecule has 0 radical (unpaired) electrons. The van der Waals surface area contributed by atoms with Crippen LogP contribution in [-0.2, 0) is 5.41 Å². The zero-order valence-corrected chi connectivity index (χ0v) is 17.4. The number of hydrogen-bond donors (Lipinski definition) is 2. The van der Waals surface area contributed by atoms with Crippen LogP contribution in [0.2, 0.25) is 0 Å². The SMILES string of the molecule is Oc1ccc(C2(c3ccc(O)cc3)CCCCC2)cc1.[O-][n+]1cccc2ccccc21. The number of pyridine rings is 1. The van der Waals surface area contributed by atoms with Gasteiger partial charge >= 0.3 is 0 Å². The highest BCUT2D eigenvalue weighted by Crippen LogP contribution is 2.45. The van der Waals surface area contributed by atoms with Crippen molar-refractivity contribution < 1.29 is 14.9 Å². The highest BCUT2D eigenvalue weighted by Gasteiger charge is 2.35. The molecule has 1 heterocycles. The lowest BCUT2D eigenvalue weighted by Crippen LogP contribution is -2.30. The number of fused-ring (bicyclic) bond motifs is 1. The van der Waals surface area contributed by atoms with E-state index in [0.29, 0.717) is 11.5 Å². The molecule has 158 valence electrons. The van der Waals surface area contributed by atoms with Crippen molar-refractivity contribution >= 4 is 10.9 Å². The summed E-state index contributed by atoms with van der Waals surface area (Å²) in [6, 6.07) is 26.4. The van der Waals surface area contributed by atoms with Crippen molar-refractivity contribution in [3.05, 3.63) is 107 Å². The Labute approximate surface area is 182 Å². The molecule has 0 aliphatic heterocycles. The molecule has 1 aliphatic rings. The number of nitrogens with zero attached hydrogens (tertiary/aromatic N) is 1. The molecule has 1 aromatic heterocycles. The number of hydrogen-bond acceptors (Lipinski definition) is 3. The summed E-state index contributed by atoms with van der Waals surface area (Å²) in [5.41, 5.74) is 3.27. The number of aromatic hydroxyl groups is 2. The maximum atomic E-state index is 11.1. The van der Waals surface area contributed by atoms with Crippen molar-refractivity contribution in [2.45, 2.75) is 37.5 Å². The van der Waals surface area contributed by atoms with E-state index in [2.05, 4.69) is 0 Å². The Morgan fingerprint density at radius 1 is 0.645 bits per heavy atom. The third-order valence-corrected chi connectivity index (χ3v) is 6.22. The standard InChI is InChI=1S/C18H20O2.C9H7NO/c19-16-8-4-14(5-9-16)18(12-2-1-3-13-18)15-6-10-17(20)11-7-15;11-10-7-3-5-8-4-1-2-6-9(8)10/h4-11,19-20H,1-3,12-13H2;1-7H. The summed E-state index contributed by atoms with van der Waals surface area (Å²) in [4.78, 5) is 0. The van der Waals surface area contributed by atoms with Crippen molar-refractivity contribution in [2.24, 2.45) is 0 Å². The van der Waals surface area contributed by atoms with Gasteiger partial charge in [-0.3, -0.25) is 0 Å². The highest BCUT2D eigenvalue weighted by molar-refractivity contribution is 5.74. The van der Waals surface area contributed by atoms with E-state index in [4.69, 9.17) is 0 Å². The molecule has 0 saturated heterocycles. The fraction of sp³-hybridized carbons (Fsp3) is 0.222. The van der Waals surface area contributed by atoms with Gasteiger partial charge in [-0.1, -0.05) is 55.7 Å². The summed E-state index contributed by atoms with van der Waals surface area (Å²) in [7, 11) is 0. The molecule has 2 N–H and O–H groups in total. The van der Waals surface area contributed by atoms with E-state index in [1.54, 1.807) is 30.3 Å². The van der Waals surface area contributed by atoms with Crippen molar-refractivity contribution in [2.75, 3.05) is 0 Å². The summed E-state index contributed by atoms with van der Waals surface area (Å²) >= 11 is 0. The Hall–Kier alpha value is -3.53. The fourth-order valence-corrected chi connectivity index (χ4v) is 4.59. The molecule has 1 saturated carbocycles. The average molecular weight is 414 g/mol. The third kappa shape index (κ3) is 4.48. The quantitative estimate of drug-likeness (QED) is 0.321. The minimum atomic E-state index is 0.0274. The molecule has 4 aromatic rings. The van der Waals surface area contributed by atoms with Gasteiger partial charge in [0, 0.05) is 22.9 Å². The van der Waals surface area contributed by atoms with Gasteiger partial charge in [-0.15, -0.1) is 0 Å². The van der Waals surface area contributed by atoms with Gasteiger partial charge < -0.3 is 15.4 Å². The molecule has 5 rings (SSSR count). The van der Waals surface area contributed by atoms with Crippen LogP contribution in [0.5, 0.6) is 11.5 Å². The van der Waals surface area contributed by atoms with Gasteiger partial charge in [-0.2, -0.15) is 4.73 Å². The number of phenolic OH excluding ortho intramolecular Hbond substituents is 2. The summed E-state index contributed by atoms with van der Waals surface area (Å²) in [6.07, 6.45) is 7.49. The van der Waals surface area contributed by atoms with Crippen LogP contribution in [0.3, 0.4) is 0 Å². The Morgan fingerprint density at radius 3 is 1.71 bits per heavy atom. The molecule has 0 bridgehead atoms. The van der Waals surface area contributed by atoms with Crippen molar-refractivity contribution in [3.63, 3.8) is 0 Å². The van der Waals surface area contributed by atoms with Crippen LogP contribution in [0, 0.1) is 5.21 Å². The van der Waals surface area contributed by atoms with Gasteiger partial charge in [0.25, 0.3) is 0 Å². The van der Waals surface area contributed by atoms with E-state index in [1.807, 2.05) is 54.6 Å². The van der Waals surface area contributed by atoms with Crippen LogP contribution in [0.25, 0.3) is 10.9 Å². The molecular formula is C27H27NO3. The number of para-hydroxylation sites is 1. The van der Waals surface area contributed by atoms with Crippen molar-refractivity contribution in [1.29, 1.82) is 0 Å². The van der Waals surface area contributed by atoms with E-state index in [9.17, 15) is 15.4 Å². The van der Waals surface area contributed by atoms with E-state index in [-0.39, 0.29) is 5.41 Å². The van der Waals surface area contributed by atoms with E-state index >= 15 is 0 Å². The predicted molar refractivity (Wildman–Crippen MR) is 123 cm³/mol. The normalized spacial score (nSPS) is 15.1. The molecule has 0 amide bonds. The minimum Gasteiger partial charge on any atom is -0.618 e. The Morgan fingerprint density at radius 2 is 1.16 bits per heavy atom. The number of rotatable bonds is 2. The Kier molecular flexibility index (Phi) is 6.08. The van der Waals surface area contributed by atoms with E-state index < -0.39 is 0 Å². The highest BCUT2D eigenvalue weighted by atomic mass is 16.5.